The first-order valence-electron chi connectivity index (χ1n) is 8.00. The zero-order valence-corrected chi connectivity index (χ0v) is 14.4. The van der Waals surface area contributed by atoms with Crippen LogP contribution in [0.1, 0.15) is 0 Å². The third-order valence-electron chi connectivity index (χ3n) is 3.91. The van der Waals surface area contributed by atoms with E-state index in [1.807, 2.05) is 36.4 Å². The van der Waals surface area contributed by atoms with Gasteiger partial charge in [0.05, 0.1) is 22.4 Å². The fourth-order valence-corrected chi connectivity index (χ4v) is 3.41. The van der Waals surface area contributed by atoms with Crippen LogP contribution in [0.4, 0.5) is 5.69 Å². The Morgan fingerprint density at radius 3 is 2.48 bits per heavy atom. The normalized spacial score (nSPS) is 10.7. The number of nitrogens with zero attached hydrogens (tertiary/aromatic N) is 1. The lowest BCUT2D eigenvalue weighted by atomic mass is 10.1. The monoisotopic (exact) mass is 343 g/mol. The number of aromatic nitrogens is 2. The van der Waals surface area contributed by atoms with Gasteiger partial charge in [0.25, 0.3) is 0 Å². The molecule has 0 bridgehead atoms. The third-order valence-corrected chi connectivity index (χ3v) is 4.76. The van der Waals surface area contributed by atoms with Gasteiger partial charge in [-0.1, -0.05) is 54.7 Å². The van der Waals surface area contributed by atoms with Gasteiger partial charge in [0.2, 0.25) is 0 Å². The number of hydrogen-bond acceptors (Lipinski definition) is 3. The molecular weight excluding hydrogens is 326 g/mol. The highest BCUT2D eigenvalue weighted by Crippen LogP contribution is 2.29. The minimum absolute atomic E-state index is 0.901. The molecule has 0 saturated heterocycles. The fraction of sp³-hybridized carbons (Fsp3) is 0. The standard InChI is InChI=1S/C21H17N3S/c1-15(24-18-5-3-2-4-6-18)25-19-10-7-16(8-11-19)17-9-12-20-21(13-17)23-14-22-20/h2-14,24H,1H2,(H,22,23). The van der Waals surface area contributed by atoms with Crippen LogP contribution in [0.2, 0.25) is 0 Å². The molecule has 0 aliphatic rings. The van der Waals surface area contributed by atoms with Crippen LogP contribution in [0.5, 0.6) is 0 Å². The van der Waals surface area contributed by atoms with Crippen molar-refractivity contribution in [3.05, 3.63) is 90.7 Å². The maximum atomic E-state index is 4.26. The Balaban J connectivity index is 1.47. The number of para-hydroxylation sites is 1. The van der Waals surface area contributed by atoms with Crippen LogP contribution in [0, 0.1) is 0 Å². The van der Waals surface area contributed by atoms with E-state index in [1.165, 1.54) is 11.1 Å². The number of hydrogen-bond donors (Lipinski definition) is 2. The molecule has 0 saturated carbocycles. The molecule has 0 atom stereocenters. The fourth-order valence-electron chi connectivity index (χ4n) is 2.68. The molecular formula is C21H17N3S. The average molecular weight is 343 g/mol. The second-order valence-electron chi connectivity index (χ2n) is 5.68. The van der Waals surface area contributed by atoms with E-state index in [-0.39, 0.29) is 0 Å². The third kappa shape index (κ3) is 3.59. The van der Waals surface area contributed by atoms with Gasteiger partial charge in [-0.3, -0.25) is 0 Å². The molecule has 0 amide bonds. The lowest BCUT2D eigenvalue weighted by Crippen LogP contribution is -1.93. The molecule has 0 aliphatic carbocycles. The van der Waals surface area contributed by atoms with Gasteiger partial charge in [-0.2, -0.15) is 0 Å². The van der Waals surface area contributed by atoms with E-state index < -0.39 is 0 Å². The van der Waals surface area contributed by atoms with Gasteiger partial charge in [-0.25, -0.2) is 4.98 Å². The van der Waals surface area contributed by atoms with E-state index in [9.17, 15) is 0 Å². The molecule has 1 aromatic heterocycles. The summed E-state index contributed by atoms with van der Waals surface area (Å²) in [4.78, 5) is 8.57. The van der Waals surface area contributed by atoms with Gasteiger partial charge in [-0.15, -0.1) is 0 Å². The van der Waals surface area contributed by atoms with Crippen LogP contribution in [-0.4, -0.2) is 9.97 Å². The second-order valence-corrected chi connectivity index (χ2v) is 6.84. The maximum Gasteiger partial charge on any atom is 0.0931 e. The average Bonchev–Trinajstić information content (AvgIpc) is 3.11. The minimum atomic E-state index is 0.901. The topological polar surface area (TPSA) is 40.7 Å². The largest absolute Gasteiger partial charge is 0.350 e. The summed E-state index contributed by atoms with van der Waals surface area (Å²) < 4.78 is 0. The van der Waals surface area contributed by atoms with E-state index in [0.29, 0.717) is 0 Å². The summed E-state index contributed by atoms with van der Waals surface area (Å²) in [5, 5.41) is 4.21. The number of nitrogens with one attached hydrogen (secondary N) is 2. The molecule has 122 valence electrons. The van der Waals surface area contributed by atoms with Crippen molar-refractivity contribution in [2.75, 3.05) is 5.32 Å². The Morgan fingerprint density at radius 1 is 0.920 bits per heavy atom. The van der Waals surface area contributed by atoms with Crippen LogP contribution in [0.15, 0.2) is 95.6 Å². The SMILES string of the molecule is C=C(Nc1ccccc1)Sc1ccc(-c2ccc3nc[nH]c3c2)cc1. The summed E-state index contributed by atoms with van der Waals surface area (Å²) in [6, 6.07) is 24.8. The Morgan fingerprint density at radius 2 is 1.68 bits per heavy atom. The molecule has 0 spiro atoms. The Bertz CT molecular complexity index is 1000. The Labute approximate surface area is 150 Å². The molecule has 4 aromatic rings. The van der Waals surface area contributed by atoms with E-state index in [4.69, 9.17) is 0 Å². The van der Waals surface area contributed by atoms with Crippen molar-refractivity contribution < 1.29 is 0 Å². The maximum absolute atomic E-state index is 4.26. The number of aromatic amines is 1. The van der Waals surface area contributed by atoms with Crippen LogP contribution in [0.3, 0.4) is 0 Å². The van der Waals surface area contributed by atoms with Crippen molar-refractivity contribution in [1.29, 1.82) is 0 Å². The van der Waals surface area contributed by atoms with Gasteiger partial charge < -0.3 is 10.3 Å². The van der Waals surface area contributed by atoms with Crippen LogP contribution in [-0.2, 0) is 0 Å². The summed E-state index contributed by atoms with van der Waals surface area (Å²) >= 11 is 1.62. The Kier molecular flexibility index (Phi) is 4.27. The molecule has 3 nitrogen and oxygen atoms in total. The van der Waals surface area contributed by atoms with Crippen molar-refractivity contribution in [1.82, 2.24) is 9.97 Å². The number of imidazole rings is 1. The van der Waals surface area contributed by atoms with E-state index in [0.717, 1.165) is 26.6 Å². The highest BCUT2D eigenvalue weighted by molar-refractivity contribution is 8.03. The molecule has 1 heterocycles. The highest BCUT2D eigenvalue weighted by Gasteiger charge is 2.03. The van der Waals surface area contributed by atoms with E-state index in [1.54, 1.807) is 18.1 Å². The van der Waals surface area contributed by atoms with Crippen molar-refractivity contribution in [3.63, 3.8) is 0 Å². The molecule has 0 unspecified atom stereocenters. The van der Waals surface area contributed by atoms with Crippen molar-refractivity contribution >= 4 is 28.5 Å². The zero-order chi connectivity index (χ0) is 17.1. The van der Waals surface area contributed by atoms with Crippen molar-refractivity contribution in [2.45, 2.75) is 4.90 Å². The van der Waals surface area contributed by atoms with Gasteiger partial charge in [-0.05, 0) is 47.5 Å². The molecule has 3 aromatic carbocycles. The van der Waals surface area contributed by atoms with Crippen LogP contribution < -0.4 is 5.32 Å². The Hall–Kier alpha value is -2.98. The van der Waals surface area contributed by atoms with Gasteiger partial charge in [0.1, 0.15) is 0 Å². The lowest BCUT2D eigenvalue weighted by molar-refractivity contribution is 1.34. The van der Waals surface area contributed by atoms with Crippen LogP contribution in [0.25, 0.3) is 22.2 Å². The lowest BCUT2D eigenvalue weighted by Gasteiger charge is -2.09. The zero-order valence-electron chi connectivity index (χ0n) is 13.6. The minimum Gasteiger partial charge on any atom is -0.350 e. The van der Waals surface area contributed by atoms with Gasteiger partial charge >= 0.3 is 0 Å². The molecule has 4 heteroatoms. The summed E-state index contributed by atoms with van der Waals surface area (Å²) in [5.41, 5.74) is 5.44. The summed E-state index contributed by atoms with van der Waals surface area (Å²) in [6.45, 7) is 4.09. The van der Waals surface area contributed by atoms with E-state index >= 15 is 0 Å². The molecule has 0 radical (unpaired) electrons. The first-order chi connectivity index (χ1) is 12.3. The van der Waals surface area contributed by atoms with Gasteiger partial charge in [0.15, 0.2) is 0 Å². The predicted molar refractivity (Wildman–Crippen MR) is 107 cm³/mol. The predicted octanol–water partition coefficient (Wildman–Crippen LogP) is 5.91. The highest BCUT2D eigenvalue weighted by atomic mass is 32.2. The number of benzene rings is 3. The molecule has 25 heavy (non-hydrogen) atoms. The summed E-state index contributed by atoms with van der Waals surface area (Å²) in [5.74, 6) is 0. The summed E-state index contributed by atoms with van der Waals surface area (Å²) in [7, 11) is 0. The number of rotatable bonds is 5. The number of anilines is 1. The molecule has 0 aliphatic heterocycles. The van der Waals surface area contributed by atoms with Crippen LogP contribution >= 0.6 is 11.8 Å². The smallest absolute Gasteiger partial charge is 0.0931 e. The quantitative estimate of drug-likeness (QED) is 0.443. The van der Waals surface area contributed by atoms with E-state index in [2.05, 4.69) is 58.3 Å². The molecule has 4 rings (SSSR count). The number of fused-ring (bicyclic) bond motifs is 1. The molecule has 2 N–H and O–H groups in total. The second kappa shape index (κ2) is 6.87. The van der Waals surface area contributed by atoms with Crippen molar-refractivity contribution in [3.8, 4) is 11.1 Å². The number of thioether (sulfide) groups is 1. The first-order valence-corrected chi connectivity index (χ1v) is 8.82. The van der Waals surface area contributed by atoms with Gasteiger partial charge in [0, 0.05) is 10.6 Å². The first kappa shape index (κ1) is 15.5. The van der Waals surface area contributed by atoms with Crippen molar-refractivity contribution in [2.24, 2.45) is 0 Å². The summed E-state index contributed by atoms with van der Waals surface area (Å²) in [6.07, 6.45) is 1.72. The number of H-pyrrole nitrogens is 1. The molecule has 0 fully saturated rings.